The Morgan fingerprint density at radius 1 is 0.812 bits per heavy atom. The number of hydrogen-bond acceptors (Lipinski definition) is 0. The van der Waals surface area contributed by atoms with Crippen molar-refractivity contribution in [3.63, 3.8) is 0 Å². The van der Waals surface area contributed by atoms with Crippen molar-refractivity contribution in [3.8, 4) is 0 Å². The first kappa shape index (κ1) is 14.7. The first-order valence-electron chi connectivity index (χ1n) is 7.68. The summed E-state index contributed by atoms with van der Waals surface area (Å²) in [5.41, 5.74) is 0. The quantitative estimate of drug-likeness (QED) is 0.547. The van der Waals surface area contributed by atoms with Gasteiger partial charge in [-0.3, -0.25) is 0 Å². The molecule has 1 fully saturated rings. The van der Waals surface area contributed by atoms with Crippen LogP contribution in [-0.4, -0.2) is 48.1 Å². The molecule has 0 N–H and O–H groups in total. The summed E-state index contributed by atoms with van der Waals surface area (Å²) in [6.45, 7) is 10.6. The fourth-order valence-electron chi connectivity index (χ4n) is 3.40. The minimum absolute atomic E-state index is 0.0512. The molecule has 1 saturated heterocycles. The molecule has 2 heteroatoms. The Labute approximate surface area is 110 Å². The number of quaternary nitrogens is 1. The zero-order valence-electron chi connectivity index (χ0n) is 11.6. The molecule has 1 nitrogen and oxygen atoms in total. The van der Waals surface area contributed by atoms with Gasteiger partial charge in [0, 0.05) is 0 Å². The van der Waals surface area contributed by atoms with Crippen LogP contribution in [0, 0.1) is 0 Å². The molecule has 1 heterocycles. The van der Waals surface area contributed by atoms with Gasteiger partial charge in [-0.05, 0) is 0 Å². The number of rotatable bonds is 4. The first-order chi connectivity index (χ1) is 7.83. The van der Waals surface area contributed by atoms with E-state index >= 15 is 0 Å². The van der Waals surface area contributed by atoms with E-state index in [0.29, 0.717) is 0 Å². The van der Waals surface area contributed by atoms with Crippen molar-refractivity contribution in [2.45, 2.75) is 62.3 Å². The minimum atomic E-state index is -0.0512. The van der Waals surface area contributed by atoms with Crippen molar-refractivity contribution in [1.82, 2.24) is 0 Å². The molecular formula is C14H31GaN+. The predicted octanol–water partition coefficient (Wildman–Crippen LogP) is 3.47. The molecule has 0 bridgehead atoms. The van der Waals surface area contributed by atoms with Crippen molar-refractivity contribution >= 4 is 17.4 Å². The maximum absolute atomic E-state index is 2.36. The van der Waals surface area contributed by atoms with Gasteiger partial charge in [0.05, 0.1) is 0 Å². The van der Waals surface area contributed by atoms with Gasteiger partial charge in [-0.1, -0.05) is 0 Å². The fourth-order valence-corrected chi connectivity index (χ4v) is 7.11. The van der Waals surface area contributed by atoms with Crippen molar-refractivity contribution in [1.29, 1.82) is 0 Å². The van der Waals surface area contributed by atoms with Gasteiger partial charge in [-0.2, -0.15) is 0 Å². The summed E-state index contributed by atoms with van der Waals surface area (Å²) in [6, 6.07) is 0. The third-order valence-electron chi connectivity index (χ3n) is 4.16. The van der Waals surface area contributed by atoms with Gasteiger partial charge in [-0.15, -0.1) is 0 Å². The van der Waals surface area contributed by atoms with E-state index in [1.807, 2.05) is 0 Å². The Hall–Kier alpha value is 0.596. The molecule has 0 aliphatic carbocycles. The van der Waals surface area contributed by atoms with Crippen molar-refractivity contribution in [2.24, 2.45) is 0 Å². The summed E-state index contributed by atoms with van der Waals surface area (Å²) >= 11 is -0.0512. The van der Waals surface area contributed by atoms with Gasteiger partial charge in [0.25, 0.3) is 0 Å². The van der Waals surface area contributed by atoms with Gasteiger partial charge in [0.15, 0.2) is 0 Å². The van der Waals surface area contributed by atoms with Gasteiger partial charge in [0.2, 0.25) is 0 Å². The maximum atomic E-state index is 2.36. The Morgan fingerprint density at radius 2 is 1.31 bits per heavy atom. The molecule has 0 spiro atoms. The fraction of sp³-hybridized carbons (Fsp3) is 1.00. The van der Waals surface area contributed by atoms with E-state index in [2.05, 4.69) is 13.8 Å². The predicted molar refractivity (Wildman–Crippen MR) is 75.5 cm³/mol. The summed E-state index contributed by atoms with van der Waals surface area (Å²) in [5, 5.41) is 0. The van der Waals surface area contributed by atoms with Crippen LogP contribution in [0.5, 0.6) is 0 Å². The normalized spacial score (nSPS) is 22.4. The topological polar surface area (TPSA) is 0 Å². The zero-order valence-corrected chi connectivity index (χ0v) is 14.6. The van der Waals surface area contributed by atoms with Crippen LogP contribution in [0.15, 0.2) is 0 Å². The monoisotopic (exact) mass is 282 g/mol. The standard InChI is InChI=1S/C14H30N.Ga.H/c1-5-9-13-15(11-7-3,12-8-4)14-10-6-2;;/h1-2,5-14H2,3-4H3;;/q+1;;. The van der Waals surface area contributed by atoms with Crippen molar-refractivity contribution in [2.75, 3.05) is 26.2 Å². The van der Waals surface area contributed by atoms with E-state index in [-0.39, 0.29) is 17.4 Å². The molecule has 94 valence electrons. The van der Waals surface area contributed by atoms with Gasteiger partial charge in [0.1, 0.15) is 0 Å². The van der Waals surface area contributed by atoms with Crippen LogP contribution < -0.4 is 0 Å². The van der Waals surface area contributed by atoms with Gasteiger partial charge >= 0.3 is 110 Å². The van der Waals surface area contributed by atoms with E-state index in [0.717, 1.165) is 0 Å². The van der Waals surface area contributed by atoms with Gasteiger partial charge in [-0.25, -0.2) is 0 Å². The third kappa shape index (κ3) is 5.28. The summed E-state index contributed by atoms with van der Waals surface area (Å²) < 4.78 is 1.46. The average Bonchev–Trinajstić information content (AvgIpc) is 2.28. The molecule has 0 unspecified atom stereocenters. The van der Waals surface area contributed by atoms with Crippen LogP contribution >= 0.6 is 0 Å². The second kappa shape index (κ2) is 8.65. The van der Waals surface area contributed by atoms with Crippen LogP contribution in [0.25, 0.3) is 0 Å². The molecule has 1 rings (SSSR count). The SMILES string of the molecule is CCC[N+]1(CCC)CCC[CH2][GaH][CH2]CCC1. The molecule has 0 amide bonds. The van der Waals surface area contributed by atoms with Crippen molar-refractivity contribution < 1.29 is 4.48 Å². The Balaban J connectivity index is 2.52. The first-order valence-corrected chi connectivity index (χ1v) is 11.9. The molecular weight excluding hydrogens is 252 g/mol. The third-order valence-corrected chi connectivity index (χ3v) is 8.36. The Morgan fingerprint density at radius 3 is 1.75 bits per heavy atom. The summed E-state index contributed by atoms with van der Waals surface area (Å²) in [4.78, 5) is 3.34. The molecule has 0 aromatic rings. The molecule has 0 aromatic heterocycles. The van der Waals surface area contributed by atoms with E-state index in [1.54, 1.807) is 22.8 Å². The van der Waals surface area contributed by atoms with Crippen LogP contribution in [-0.2, 0) is 0 Å². The molecule has 1 aliphatic rings. The average molecular weight is 283 g/mol. The number of nitrogens with zero attached hydrogens (tertiary/aromatic N) is 1. The van der Waals surface area contributed by atoms with Crippen LogP contribution in [0.2, 0.25) is 9.95 Å². The number of hydrogen-bond donors (Lipinski definition) is 0. The van der Waals surface area contributed by atoms with Crippen LogP contribution in [0.4, 0.5) is 0 Å². The van der Waals surface area contributed by atoms with E-state index in [9.17, 15) is 0 Å². The molecule has 0 aromatic carbocycles. The molecule has 1 aliphatic heterocycles. The Bertz CT molecular complexity index is 152. The van der Waals surface area contributed by atoms with E-state index in [4.69, 9.17) is 0 Å². The molecule has 0 saturated carbocycles. The summed E-state index contributed by atoms with van der Waals surface area (Å²) in [6.07, 6.45) is 8.91. The summed E-state index contributed by atoms with van der Waals surface area (Å²) in [7, 11) is 0. The van der Waals surface area contributed by atoms with E-state index < -0.39 is 0 Å². The second-order valence-corrected chi connectivity index (χ2v) is 10.2. The van der Waals surface area contributed by atoms with E-state index in [1.165, 1.54) is 56.3 Å². The van der Waals surface area contributed by atoms with Gasteiger partial charge < -0.3 is 0 Å². The van der Waals surface area contributed by atoms with Crippen LogP contribution in [0.3, 0.4) is 0 Å². The summed E-state index contributed by atoms with van der Waals surface area (Å²) in [5.74, 6) is 0. The Kier molecular flexibility index (Phi) is 7.93. The molecule has 16 heavy (non-hydrogen) atoms. The van der Waals surface area contributed by atoms with Crippen molar-refractivity contribution in [3.05, 3.63) is 0 Å². The molecule has 0 radical (unpaired) electrons. The zero-order chi connectivity index (χ0) is 11.7. The second-order valence-electron chi connectivity index (χ2n) is 5.71. The molecule has 0 atom stereocenters. The van der Waals surface area contributed by atoms with Crippen LogP contribution in [0.1, 0.15) is 52.4 Å².